The second-order valence-electron chi connectivity index (χ2n) is 0.500. The molecule has 4 nitrogen and oxygen atoms in total. The summed E-state index contributed by atoms with van der Waals surface area (Å²) in [4.78, 5) is 34.3. The first-order valence-electron chi connectivity index (χ1n) is 0.816. The molecule has 0 aromatic rings. The maximum atomic E-state index is 8.58. The second-order valence-corrected chi connectivity index (χ2v) is 1.50. The van der Waals surface area contributed by atoms with Crippen molar-refractivity contribution in [2.45, 2.75) is 0 Å². The summed E-state index contributed by atoms with van der Waals surface area (Å²) in [6.45, 7) is 0. The van der Waals surface area contributed by atoms with E-state index in [1.807, 2.05) is 0 Å². The molecular weight excluding hydrogens is 161 g/mol. The average molecular weight is 161 g/mol. The van der Waals surface area contributed by atoms with Gasteiger partial charge in [-0.2, -0.15) is 0 Å². The van der Waals surface area contributed by atoms with Crippen molar-refractivity contribution in [3.05, 3.63) is 0 Å². The van der Waals surface area contributed by atoms with Crippen LogP contribution in [0.4, 0.5) is 0 Å². The molecule has 32 valence electrons. The fraction of sp³-hybridized carbons (Fsp3) is 0. The second kappa shape index (κ2) is 10.1. The Morgan fingerprint density at radius 3 is 0.625 bits per heavy atom. The summed E-state index contributed by atoms with van der Waals surface area (Å²) in [7, 11) is -5.61. The third kappa shape index (κ3) is 62.9. The number of hydrogen-bond donors (Lipinski definition) is 0. The third-order valence-corrected chi connectivity index (χ3v) is 0. The summed E-state index contributed by atoms with van der Waals surface area (Å²) < 4.78 is 0. The molecule has 8 heavy (non-hydrogen) atoms. The standard InChI is InChI=1S/3Na.O4Si/c;;;1-5(2,3)4/q3*+1;-4. The minimum atomic E-state index is -5.61. The Labute approximate surface area is 115 Å². The zero-order chi connectivity index (χ0) is 4.50. The van der Waals surface area contributed by atoms with E-state index in [1.165, 1.54) is 0 Å². The Morgan fingerprint density at radius 1 is 0.625 bits per heavy atom. The Kier molecular flexibility index (Phi) is 28.2. The molecule has 0 atom stereocenters. The molecule has 0 amide bonds. The fourth-order valence-electron chi connectivity index (χ4n) is 0. The Hall–Kier alpha value is 3.06. The van der Waals surface area contributed by atoms with Crippen LogP contribution in [0.15, 0.2) is 0 Å². The van der Waals surface area contributed by atoms with Crippen LogP contribution in [0.1, 0.15) is 0 Å². The summed E-state index contributed by atoms with van der Waals surface area (Å²) >= 11 is 0. The molecule has 0 aliphatic heterocycles. The molecule has 0 aromatic carbocycles. The zero-order valence-corrected chi connectivity index (χ0v) is 12.1. The predicted molar refractivity (Wildman–Crippen MR) is 5.75 cm³/mol. The van der Waals surface area contributed by atoms with Gasteiger partial charge in [-0.05, 0) is 0 Å². The van der Waals surface area contributed by atoms with Gasteiger partial charge in [0.25, 0.3) is 0 Å². The van der Waals surface area contributed by atoms with Crippen LogP contribution in [0.3, 0.4) is 0 Å². The first-order chi connectivity index (χ1) is 2.00. The summed E-state index contributed by atoms with van der Waals surface area (Å²) in [6, 6.07) is 0. The third-order valence-electron chi connectivity index (χ3n) is 0. The van der Waals surface area contributed by atoms with Gasteiger partial charge in [-0.15, -0.1) is 0 Å². The first-order valence-corrected chi connectivity index (χ1v) is 2.45. The molecule has 0 saturated carbocycles. The average Bonchev–Trinajstić information content (AvgIpc) is 0.722. The maximum Gasteiger partial charge on any atom is 1.00 e. The van der Waals surface area contributed by atoms with Crippen LogP contribution in [0.2, 0.25) is 0 Å². The summed E-state index contributed by atoms with van der Waals surface area (Å²) in [5, 5.41) is 0. The molecule has 0 unspecified atom stereocenters. The van der Waals surface area contributed by atoms with Crippen molar-refractivity contribution in [3.63, 3.8) is 0 Å². The van der Waals surface area contributed by atoms with Crippen LogP contribution >= 0.6 is 0 Å². The Morgan fingerprint density at radius 2 is 0.625 bits per heavy atom. The smallest absolute Gasteiger partial charge is 0.894 e. The van der Waals surface area contributed by atoms with Gasteiger partial charge < -0.3 is 28.2 Å². The van der Waals surface area contributed by atoms with E-state index in [1.54, 1.807) is 0 Å². The van der Waals surface area contributed by atoms with Crippen molar-refractivity contribution < 1.29 is 108 Å². The molecule has 0 N–H and O–H groups in total. The van der Waals surface area contributed by atoms with E-state index >= 15 is 0 Å². The minimum absolute atomic E-state index is 0. The van der Waals surface area contributed by atoms with Crippen molar-refractivity contribution in [3.8, 4) is 0 Å². The van der Waals surface area contributed by atoms with Crippen LogP contribution < -0.4 is 108 Å². The van der Waals surface area contributed by atoms with E-state index in [0.29, 0.717) is 0 Å². The Bertz CT molecular complexity index is 26.8. The quantitative estimate of drug-likeness (QED) is 0.330. The molecule has 8 heteroatoms. The topological polar surface area (TPSA) is 92.2 Å². The van der Waals surface area contributed by atoms with E-state index < -0.39 is 9.05 Å². The molecular formula is Na3O4Si-. The molecule has 0 saturated heterocycles. The normalized spacial score (nSPS) is 7.50. The van der Waals surface area contributed by atoms with Crippen molar-refractivity contribution in [2.75, 3.05) is 0 Å². The van der Waals surface area contributed by atoms with Crippen molar-refractivity contribution >= 4 is 9.05 Å². The molecule has 0 radical (unpaired) electrons. The fourth-order valence-corrected chi connectivity index (χ4v) is 0. The molecule has 0 bridgehead atoms. The largest absolute Gasteiger partial charge is 1.00 e. The van der Waals surface area contributed by atoms with E-state index in [-0.39, 0.29) is 88.7 Å². The monoisotopic (exact) mass is 161 g/mol. The minimum Gasteiger partial charge on any atom is -0.894 e. The molecule has 0 aliphatic rings. The SMILES string of the molecule is [Na+].[Na+].[Na+].[O-][Si]([O-])([O-])[O-]. The van der Waals surface area contributed by atoms with Gasteiger partial charge in [0.05, 0.1) is 0 Å². The van der Waals surface area contributed by atoms with Crippen LogP contribution in [-0.2, 0) is 0 Å². The molecule has 0 heterocycles. The molecule has 0 aromatic heterocycles. The number of hydrogen-bond acceptors (Lipinski definition) is 4. The Balaban J connectivity index is -0.0000000267. The van der Waals surface area contributed by atoms with E-state index in [2.05, 4.69) is 0 Å². The predicted octanol–water partition coefficient (Wildman–Crippen LogP) is -14.1. The molecule has 0 spiro atoms. The summed E-state index contributed by atoms with van der Waals surface area (Å²) in [6.07, 6.45) is 0. The van der Waals surface area contributed by atoms with Gasteiger partial charge in [-0.3, -0.25) is 0 Å². The zero-order valence-electron chi connectivity index (χ0n) is 5.13. The van der Waals surface area contributed by atoms with Crippen molar-refractivity contribution in [2.24, 2.45) is 0 Å². The van der Waals surface area contributed by atoms with Gasteiger partial charge in [0, 0.05) is 0 Å². The first kappa shape index (κ1) is 22.5. The van der Waals surface area contributed by atoms with Gasteiger partial charge in [0.1, 0.15) is 0 Å². The maximum absolute atomic E-state index is 8.58. The van der Waals surface area contributed by atoms with Crippen LogP contribution in [0.5, 0.6) is 0 Å². The van der Waals surface area contributed by atoms with Crippen molar-refractivity contribution in [1.29, 1.82) is 0 Å². The van der Waals surface area contributed by atoms with Gasteiger partial charge in [0.2, 0.25) is 0 Å². The van der Waals surface area contributed by atoms with E-state index in [0.717, 1.165) is 0 Å². The summed E-state index contributed by atoms with van der Waals surface area (Å²) in [5.74, 6) is 0. The van der Waals surface area contributed by atoms with Gasteiger partial charge in [-0.1, -0.05) is 0 Å². The molecule has 0 aliphatic carbocycles. The summed E-state index contributed by atoms with van der Waals surface area (Å²) in [5.41, 5.74) is 0. The number of rotatable bonds is 0. The van der Waals surface area contributed by atoms with Gasteiger partial charge in [0.15, 0.2) is 0 Å². The van der Waals surface area contributed by atoms with Gasteiger partial charge >= 0.3 is 88.7 Å². The molecule has 0 rings (SSSR count). The van der Waals surface area contributed by atoms with Gasteiger partial charge in [-0.25, -0.2) is 0 Å². The van der Waals surface area contributed by atoms with Crippen LogP contribution in [0, 0.1) is 0 Å². The van der Waals surface area contributed by atoms with Crippen LogP contribution in [0.25, 0.3) is 0 Å². The van der Waals surface area contributed by atoms with Crippen LogP contribution in [-0.4, -0.2) is 9.05 Å². The van der Waals surface area contributed by atoms with E-state index in [4.69, 9.17) is 19.2 Å². The van der Waals surface area contributed by atoms with E-state index in [9.17, 15) is 0 Å². The molecule has 0 fully saturated rings. The van der Waals surface area contributed by atoms with Crippen molar-refractivity contribution in [1.82, 2.24) is 0 Å².